The molecule has 1 unspecified atom stereocenters. The van der Waals surface area contributed by atoms with E-state index in [2.05, 4.69) is 15.6 Å². The molecule has 2 aromatic carbocycles. The highest BCUT2D eigenvalue weighted by atomic mass is 32.1. The van der Waals surface area contributed by atoms with Gasteiger partial charge < -0.3 is 20.3 Å². The molecule has 174 valence electrons. The number of halogens is 2. The number of anilines is 1. The first-order valence-electron chi connectivity index (χ1n) is 10.5. The van der Waals surface area contributed by atoms with E-state index in [1.165, 1.54) is 17.4 Å². The van der Waals surface area contributed by atoms with Crippen molar-refractivity contribution in [2.45, 2.75) is 38.8 Å². The maximum atomic E-state index is 13.6. The van der Waals surface area contributed by atoms with Crippen LogP contribution in [-0.2, 0) is 4.74 Å². The van der Waals surface area contributed by atoms with Gasteiger partial charge >= 0.3 is 12.1 Å². The molecule has 1 aromatic heterocycles. The summed E-state index contributed by atoms with van der Waals surface area (Å²) >= 11 is 1.35. The Labute approximate surface area is 193 Å². The minimum Gasteiger partial charge on any atom is -0.444 e. The topological polar surface area (TPSA) is 83.6 Å². The van der Waals surface area contributed by atoms with Crippen molar-refractivity contribution in [1.29, 1.82) is 0 Å². The number of alkyl carbamates (subject to hydrolysis) is 1. The van der Waals surface area contributed by atoms with Crippen LogP contribution in [0.5, 0.6) is 0 Å². The monoisotopic (exact) mass is 474 g/mol. The van der Waals surface area contributed by atoms with Gasteiger partial charge in [0.05, 0.1) is 16.3 Å². The Morgan fingerprint density at radius 2 is 1.94 bits per heavy atom. The molecule has 0 bridgehead atoms. The van der Waals surface area contributed by atoms with Crippen molar-refractivity contribution in [2.75, 3.05) is 18.4 Å². The van der Waals surface area contributed by atoms with Crippen LogP contribution in [0, 0.1) is 11.6 Å². The van der Waals surface area contributed by atoms with Gasteiger partial charge in [-0.3, -0.25) is 0 Å². The third-order valence-corrected chi connectivity index (χ3v) is 6.09. The van der Waals surface area contributed by atoms with Crippen molar-refractivity contribution in [3.8, 4) is 10.6 Å². The molecule has 1 atom stereocenters. The van der Waals surface area contributed by atoms with Crippen molar-refractivity contribution in [3.63, 3.8) is 0 Å². The summed E-state index contributed by atoms with van der Waals surface area (Å²) in [5.74, 6) is -1.83. The van der Waals surface area contributed by atoms with Crippen molar-refractivity contribution in [1.82, 2.24) is 15.2 Å². The van der Waals surface area contributed by atoms with Crippen molar-refractivity contribution in [3.05, 3.63) is 48.0 Å². The van der Waals surface area contributed by atoms with E-state index in [1.807, 2.05) is 6.07 Å². The number of urea groups is 1. The van der Waals surface area contributed by atoms with Gasteiger partial charge in [0.25, 0.3) is 0 Å². The average molecular weight is 475 g/mol. The third-order valence-electron chi connectivity index (χ3n) is 5.00. The predicted octanol–water partition coefficient (Wildman–Crippen LogP) is 5.37. The fourth-order valence-electron chi connectivity index (χ4n) is 3.50. The van der Waals surface area contributed by atoms with E-state index in [1.54, 1.807) is 37.8 Å². The highest BCUT2D eigenvalue weighted by Crippen LogP contribution is 2.32. The first-order valence-corrected chi connectivity index (χ1v) is 11.3. The Balaban J connectivity index is 1.39. The zero-order chi connectivity index (χ0) is 23.8. The van der Waals surface area contributed by atoms with Crippen LogP contribution in [0.2, 0.25) is 0 Å². The van der Waals surface area contributed by atoms with Crippen LogP contribution < -0.4 is 10.6 Å². The summed E-state index contributed by atoms with van der Waals surface area (Å²) in [5, 5.41) is 6.20. The third kappa shape index (κ3) is 5.57. The van der Waals surface area contributed by atoms with E-state index < -0.39 is 23.3 Å². The molecular formula is C23H24F2N4O3S. The Hall–Kier alpha value is -3.27. The number of nitrogens with zero attached hydrogens (tertiary/aromatic N) is 2. The molecule has 2 heterocycles. The highest BCUT2D eigenvalue weighted by molar-refractivity contribution is 7.21. The maximum absolute atomic E-state index is 13.6. The van der Waals surface area contributed by atoms with Crippen LogP contribution in [-0.4, -0.2) is 46.7 Å². The predicted molar refractivity (Wildman–Crippen MR) is 123 cm³/mol. The Morgan fingerprint density at radius 3 is 2.67 bits per heavy atom. The van der Waals surface area contributed by atoms with Crippen molar-refractivity contribution in [2.24, 2.45) is 0 Å². The lowest BCUT2D eigenvalue weighted by molar-refractivity contribution is 0.0506. The van der Waals surface area contributed by atoms with Crippen LogP contribution in [0.1, 0.15) is 27.2 Å². The van der Waals surface area contributed by atoms with Gasteiger partial charge in [-0.2, -0.15) is 0 Å². The number of rotatable bonds is 3. The summed E-state index contributed by atoms with van der Waals surface area (Å²) < 4.78 is 32.9. The van der Waals surface area contributed by atoms with E-state index >= 15 is 0 Å². The first-order chi connectivity index (χ1) is 15.6. The van der Waals surface area contributed by atoms with Crippen molar-refractivity contribution < 1.29 is 23.1 Å². The lowest BCUT2D eigenvalue weighted by Gasteiger charge is -2.22. The van der Waals surface area contributed by atoms with Gasteiger partial charge in [0.2, 0.25) is 0 Å². The van der Waals surface area contributed by atoms with Crippen LogP contribution in [0.4, 0.5) is 24.1 Å². The largest absolute Gasteiger partial charge is 0.444 e. The molecule has 1 aliphatic heterocycles. The molecule has 10 heteroatoms. The molecule has 33 heavy (non-hydrogen) atoms. The molecule has 1 saturated heterocycles. The Bertz CT molecular complexity index is 1210. The normalized spacial score (nSPS) is 16.2. The summed E-state index contributed by atoms with van der Waals surface area (Å²) in [5.41, 5.74) is 1.11. The minimum absolute atomic E-state index is 0.176. The quantitative estimate of drug-likeness (QED) is 0.534. The first kappa shape index (κ1) is 22.9. The molecule has 0 saturated carbocycles. The number of aromatic nitrogens is 1. The number of thiazole rings is 1. The Kier molecular flexibility index (Phi) is 6.20. The average Bonchev–Trinajstić information content (AvgIpc) is 3.35. The molecule has 0 spiro atoms. The van der Waals surface area contributed by atoms with E-state index in [4.69, 9.17) is 4.74 Å². The number of benzene rings is 2. The molecule has 0 radical (unpaired) electrons. The molecule has 4 rings (SSSR count). The van der Waals surface area contributed by atoms with E-state index in [0.29, 0.717) is 41.3 Å². The minimum atomic E-state index is -0.926. The zero-order valence-electron chi connectivity index (χ0n) is 18.4. The van der Waals surface area contributed by atoms with Crippen LogP contribution in [0.25, 0.3) is 20.8 Å². The van der Waals surface area contributed by atoms with Gasteiger partial charge in [0.1, 0.15) is 10.6 Å². The fourth-order valence-corrected chi connectivity index (χ4v) is 4.44. The lowest BCUT2D eigenvalue weighted by Crippen LogP contribution is -2.42. The molecule has 3 amide bonds. The number of amides is 3. The molecule has 1 aliphatic rings. The smallest absolute Gasteiger partial charge is 0.407 e. The Morgan fingerprint density at radius 1 is 1.15 bits per heavy atom. The molecule has 2 N–H and O–H groups in total. The summed E-state index contributed by atoms with van der Waals surface area (Å²) in [7, 11) is 0. The summed E-state index contributed by atoms with van der Waals surface area (Å²) in [6.45, 7) is 6.26. The zero-order valence-corrected chi connectivity index (χ0v) is 19.3. The number of ether oxygens (including phenoxy) is 1. The maximum Gasteiger partial charge on any atom is 0.407 e. The number of hydrogen-bond acceptors (Lipinski definition) is 5. The number of carbonyl (C=O) groups is 2. The second-order valence-electron chi connectivity index (χ2n) is 8.84. The van der Waals surface area contributed by atoms with Gasteiger partial charge in [-0.25, -0.2) is 23.4 Å². The van der Waals surface area contributed by atoms with Gasteiger partial charge in [-0.05, 0) is 63.6 Å². The molecule has 0 aliphatic carbocycles. The second kappa shape index (κ2) is 8.93. The van der Waals surface area contributed by atoms with Gasteiger partial charge in [-0.1, -0.05) is 0 Å². The van der Waals surface area contributed by atoms with E-state index in [0.717, 1.165) is 16.8 Å². The van der Waals surface area contributed by atoms with Crippen LogP contribution in [0.15, 0.2) is 36.4 Å². The van der Waals surface area contributed by atoms with E-state index in [-0.39, 0.29) is 12.1 Å². The summed E-state index contributed by atoms with van der Waals surface area (Å²) in [6, 6.07) is 8.54. The highest BCUT2D eigenvalue weighted by Gasteiger charge is 2.29. The number of fused-ring (bicyclic) bond motifs is 1. The van der Waals surface area contributed by atoms with Gasteiger partial charge in [-0.15, -0.1) is 11.3 Å². The molecule has 7 nitrogen and oxygen atoms in total. The van der Waals surface area contributed by atoms with E-state index in [9.17, 15) is 18.4 Å². The SMILES string of the molecule is CC(C)(C)OC(=O)NC1CCN(C(=O)Nc2ccc3sc(-c4ccc(F)c(F)c4)nc3c2)C1. The standard InChI is InChI=1S/C23H24F2N4O3S/c1-23(2,3)32-22(31)27-15-8-9-29(12-15)21(30)26-14-5-7-19-18(11-14)28-20(33-19)13-4-6-16(24)17(25)10-13/h4-7,10-11,15H,8-9,12H2,1-3H3,(H,26,30)(H,27,31). The van der Waals surface area contributed by atoms with Crippen LogP contribution in [0.3, 0.4) is 0 Å². The summed E-state index contributed by atoms with van der Waals surface area (Å²) in [4.78, 5) is 30.8. The lowest BCUT2D eigenvalue weighted by atomic mass is 10.2. The fraction of sp³-hybridized carbons (Fsp3) is 0.348. The molecule has 1 fully saturated rings. The van der Waals surface area contributed by atoms with Crippen molar-refractivity contribution >= 4 is 39.4 Å². The van der Waals surface area contributed by atoms with Gasteiger partial charge in [0.15, 0.2) is 11.6 Å². The second-order valence-corrected chi connectivity index (χ2v) is 9.87. The molecular weight excluding hydrogens is 450 g/mol. The van der Waals surface area contributed by atoms with Crippen LogP contribution >= 0.6 is 11.3 Å². The number of likely N-dealkylation sites (tertiary alicyclic amines) is 1. The van der Waals surface area contributed by atoms with Gasteiger partial charge in [0, 0.05) is 24.3 Å². The molecule has 3 aromatic rings. The summed E-state index contributed by atoms with van der Waals surface area (Å²) in [6.07, 6.45) is 0.135. The number of hydrogen-bond donors (Lipinski definition) is 2. The number of nitrogens with one attached hydrogen (secondary N) is 2. The number of carbonyl (C=O) groups excluding carboxylic acids is 2.